The first-order valence-electron chi connectivity index (χ1n) is 11.4. The van der Waals surface area contributed by atoms with Gasteiger partial charge in [0, 0.05) is 31.1 Å². The lowest BCUT2D eigenvalue weighted by Gasteiger charge is -2.35. The van der Waals surface area contributed by atoms with E-state index in [9.17, 15) is 14.4 Å². The smallest absolute Gasteiger partial charge is 0.408 e. The van der Waals surface area contributed by atoms with Crippen molar-refractivity contribution in [2.75, 3.05) is 13.1 Å². The molecule has 2 aromatic rings. The van der Waals surface area contributed by atoms with E-state index in [-0.39, 0.29) is 17.9 Å². The summed E-state index contributed by atoms with van der Waals surface area (Å²) in [4.78, 5) is 39.9. The second-order valence-corrected chi connectivity index (χ2v) is 9.33. The third kappa shape index (κ3) is 7.63. The van der Waals surface area contributed by atoms with Gasteiger partial charge in [-0.1, -0.05) is 48.5 Å². The van der Waals surface area contributed by atoms with Crippen molar-refractivity contribution in [3.05, 3.63) is 71.8 Å². The number of carbonyl (C=O) groups excluding carboxylic acids is 3. The molecule has 1 aliphatic heterocycles. The van der Waals surface area contributed by atoms with Gasteiger partial charge in [-0.15, -0.1) is 0 Å². The summed E-state index contributed by atoms with van der Waals surface area (Å²) in [5, 5.41) is 5.82. The molecule has 33 heavy (non-hydrogen) atoms. The second-order valence-electron chi connectivity index (χ2n) is 9.33. The third-order valence-corrected chi connectivity index (χ3v) is 5.45. The van der Waals surface area contributed by atoms with Gasteiger partial charge in [-0.2, -0.15) is 0 Å². The highest BCUT2D eigenvalue weighted by molar-refractivity contribution is 5.94. The molecule has 1 atom stereocenters. The van der Waals surface area contributed by atoms with Crippen molar-refractivity contribution >= 4 is 17.9 Å². The molecule has 1 aliphatic rings. The van der Waals surface area contributed by atoms with E-state index < -0.39 is 17.7 Å². The molecule has 0 saturated carbocycles. The van der Waals surface area contributed by atoms with Crippen LogP contribution in [0.2, 0.25) is 0 Å². The molecule has 7 heteroatoms. The third-order valence-electron chi connectivity index (χ3n) is 5.45. The molecule has 1 heterocycles. The summed E-state index contributed by atoms with van der Waals surface area (Å²) in [7, 11) is 0. The first-order valence-corrected chi connectivity index (χ1v) is 11.4. The van der Waals surface area contributed by atoms with Crippen LogP contribution in [0.4, 0.5) is 4.79 Å². The van der Waals surface area contributed by atoms with E-state index >= 15 is 0 Å². The zero-order chi connectivity index (χ0) is 23.8. The summed E-state index contributed by atoms with van der Waals surface area (Å²) in [6.07, 6.45) is 1.09. The molecule has 3 rings (SSSR count). The van der Waals surface area contributed by atoms with Crippen LogP contribution >= 0.6 is 0 Å². The van der Waals surface area contributed by atoms with Crippen LogP contribution in [0.3, 0.4) is 0 Å². The molecule has 0 aromatic heterocycles. The lowest BCUT2D eigenvalue weighted by atomic mass is 10.0. The van der Waals surface area contributed by atoms with Gasteiger partial charge in [-0.3, -0.25) is 9.59 Å². The second kappa shape index (κ2) is 11.0. The summed E-state index contributed by atoms with van der Waals surface area (Å²) < 4.78 is 5.38. The van der Waals surface area contributed by atoms with Crippen LogP contribution in [0.1, 0.15) is 49.5 Å². The quantitative estimate of drug-likeness (QED) is 0.703. The predicted octanol–water partition coefficient (Wildman–Crippen LogP) is 3.54. The van der Waals surface area contributed by atoms with Crippen molar-refractivity contribution in [2.24, 2.45) is 0 Å². The van der Waals surface area contributed by atoms with E-state index in [1.54, 1.807) is 37.8 Å². The number of hydrogen-bond acceptors (Lipinski definition) is 4. The highest BCUT2D eigenvalue weighted by Crippen LogP contribution is 2.15. The van der Waals surface area contributed by atoms with Crippen molar-refractivity contribution in [3.8, 4) is 0 Å². The number of piperidine rings is 1. The van der Waals surface area contributed by atoms with Crippen molar-refractivity contribution in [1.29, 1.82) is 0 Å². The molecular weight excluding hydrogens is 418 g/mol. The monoisotopic (exact) mass is 451 g/mol. The van der Waals surface area contributed by atoms with Crippen molar-refractivity contribution in [3.63, 3.8) is 0 Å². The molecule has 0 unspecified atom stereocenters. The molecule has 1 saturated heterocycles. The van der Waals surface area contributed by atoms with Crippen LogP contribution in [-0.4, -0.2) is 53.6 Å². The molecule has 0 aliphatic carbocycles. The van der Waals surface area contributed by atoms with Crippen LogP contribution in [-0.2, 0) is 16.0 Å². The number of amides is 3. The van der Waals surface area contributed by atoms with Gasteiger partial charge in [0.05, 0.1) is 0 Å². The van der Waals surface area contributed by atoms with Gasteiger partial charge in [0.1, 0.15) is 11.6 Å². The van der Waals surface area contributed by atoms with E-state index in [0.717, 1.165) is 5.56 Å². The van der Waals surface area contributed by atoms with Crippen molar-refractivity contribution < 1.29 is 19.1 Å². The van der Waals surface area contributed by atoms with E-state index in [0.29, 0.717) is 37.9 Å². The zero-order valence-electron chi connectivity index (χ0n) is 19.5. The summed E-state index contributed by atoms with van der Waals surface area (Å²) in [6, 6.07) is 18.0. The first-order chi connectivity index (χ1) is 15.7. The molecule has 0 spiro atoms. The average molecular weight is 452 g/mol. The fourth-order valence-electron chi connectivity index (χ4n) is 3.82. The molecule has 1 fully saturated rings. The SMILES string of the molecule is CC(C)(C)OC(=O)N[C@@H](Cc1ccccc1)C(=O)N1CCC(NC(=O)c2ccccc2)CC1. The van der Waals surface area contributed by atoms with Gasteiger partial charge in [0.2, 0.25) is 5.91 Å². The van der Waals surface area contributed by atoms with Crippen molar-refractivity contribution in [2.45, 2.75) is 57.7 Å². The van der Waals surface area contributed by atoms with Crippen LogP contribution in [0.15, 0.2) is 60.7 Å². The van der Waals surface area contributed by atoms with Crippen molar-refractivity contribution in [1.82, 2.24) is 15.5 Å². The minimum Gasteiger partial charge on any atom is -0.444 e. The largest absolute Gasteiger partial charge is 0.444 e. The van der Waals surface area contributed by atoms with E-state index in [2.05, 4.69) is 10.6 Å². The number of nitrogens with one attached hydrogen (secondary N) is 2. The van der Waals surface area contributed by atoms with Gasteiger partial charge in [-0.05, 0) is 51.3 Å². The molecule has 176 valence electrons. The Morgan fingerprint density at radius 2 is 1.55 bits per heavy atom. The Morgan fingerprint density at radius 1 is 0.970 bits per heavy atom. The highest BCUT2D eigenvalue weighted by Gasteiger charge is 2.31. The lowest BCUT2D eigenvalue weighted by Crippen LogP contribution is -2.54. The number of rotatable bonds is 6. The molecule has 2 N–H and O–H groups in total. The van der Waals surface area contributed by atoms with Gasteiger partial charge in [0.15, 0.2) is 0 Å². The summed E-state index contributed by atoms with van der Waals surface area (Å²) in [5.41, 5.74) is 0.928. The minimum absolute atomic E-state index is 0.00754. The van der Waals surface area contributed by atoms with Gasteiger partial charge < -0.3 is 20.3 Å². The van der Waals surface area contributed by atoms with E-state index in [1.807, 2.05) is 48.5 Å². The Morgan fingerprint density at radius 3 is 2.12 bits per heavy atom. The maximum Gasteiger partial charge on any atom is 0.408 e. The summed E-state index contributed by atoms with van der Waals surface area (Å²) in [6.45, 7) is 6.39. The lowest BCUT2D eigenvalue weighted by molar-refractivity contribution is -0.134. The van der Waals surface area contributed by atoms with Gasteiger partial charge >= 0.3 is 6.09 Å². The number of nitrogens with zero attached hydrogens (tertiary/aromatic N) is 1. The average Bonchev–Trinajstić information content (AvgIpc) is 2.79. The first kappa shape index (κ1) is 24.3. The molecule has 0 bridgehead atoms. The molecular formula is C26H33N3O4. The number of ether oxygens (including phenoxy) is 1. The Hall–Kier alpha value is -3.35. The van der Waals surface area contributed by atoms with Crippen LogP contribution in [0.25, 0.3) is 0 Å². The maximum absolute atomic E-state index is 13.3. The topological polar surface area (TPSA) is 87.7 Å². The normalized spacial score (nSPS) is 15.4. The van der Waals surface area contributed by atoms with Gasteiger partial charge in [-0.25, -0.2) is 4.79 Å². The maximum atomic E-state index is 13.3. The van der Waals surface area contributed by atoms with E-state index in [4.69, 9.17) is 4.74 Å². The number of hydrogen-bond donors (Lipinski definition) is 2. The molecule has 7 nitrogen and oxygen atoms in total. The predicted molar refractivity (Wildman–Crippen MR) is 127 cm³/mol. The Labute approximate surface area is 195 Å². The molecule has 2 aromatic carbocycles. The molecule has 0 radical (unpaired) electrons. The van der Waals surface area contributed by atoms with E-state index in [1.165, 1.54) is 0 Å². The Balaban J connectivity index is 1.60. The molecule has 3 amide bonds. The van der Waals surface area contributed by atoms with Crippen LogP contribution in [0.5, 0.6) is 0 Å². The Kier molecular flexibility index (Phi) is 8.09. The number of alkyl carbamates (subject to hydrolysis) is 1. The van der Waals surface area contributed by atoms with Gasteiger partial charge in [0.25, 0.3) is 5.91 Å². The van der Waals surface area contributed by atoms with Crippen LogP contribution in [0, 0.1) is 0 Å². The number of likely N-dealkylation sites (tertiary alicyclic amines) is 1. The number of carbonyl (C=O) groups is 3. The van der Waals surface area contributed by atoms with Crippen LogP contribution < -0.4 is 10.6 Å². The Bertz CT molecular complexity index is 933. The standard InChI is InChI=1S/C26H33N3O4/c1-26(2,3)33-25(32)28-22(18-19-10-6-4-7-11-19)24(31)29-16-14-21(15-17-29)27-23(30)20-12-8-5-9-13-20/h4-13,21-22H,14-18H2,1-3H3,(H,27,30)(H,28,32)/t22-/m0/s1. The summed E-state index contributed by atoms with van der Waals surface area (Å²) in [5.74, 6) is -0.244. The fourth-order valence-corrected chi connectivity index (χ4v) is 3.82. The minimum atomic E-state index is -0.724. The number of benzene rings is 2. The summed E-state index contributed by atoms with van der Waals surface area (Å²) >= 11 is 0. The highest BCUT2D eigenvalue weighted by atomic mass is 16.6. The fraction of sp³-hybridized carbons (Fsp3) is 0.423. The zero-order valence-corrected chi connectivity index (χ0v) is 19.5.